The number of aromatic nitrogens is 2. The fraction of sp³-hybridized carbons (Fsp3) is 0.727. The highest BCUT2D eigenvalue weighted by Gasteiger charge is 2.16. The van der Waals surface area contributed by atoms with Gasteiger partial charge in [0.15, 0.2) is 0 Å². The second-order valence-electron chi connectivity index (χ2n) is 4.37. The van der Waals surface area contributed by atoms with E-state index in [2.05, 4.69) is 17.3 Å². The van der Waals surface area contributed by atoms with E-state index in [0.717, 1.165) is 25.3 Å². The zero-order valence-corrected chi connectivity index (χ0v) is 9.72. The Labute approximate surface area is 96.0 Å². The molecule has 0 amide bonds. The van der Waals surface area contributed by atoms with Crippen molar-refractivity contribution < 1.29 is 4.74 Å². The minimum Gasteiger partial charge on any atom is -0.379 e. The number of hydrogen-bond donors (Lipinski definition) is 2. The van der Waals surface area contributed by atoms with E-state index in [-0.39, 0.29) is 6.04 Å². The lowest BCUT2D eigenvalue weighted by Crippen LogP contribution is -2.24. The van der Waals surface area contributed by atoms with Crippen LogP contribution in [0.4, 0.5) is 5.69 Å². The molecule has 3 N–H and O–H groups in total. The maximum Gasteiger partial charge on any atom is 0.0771 e. The quantitative estimate of drug-likeness (QED) is 0.777. The molecule has 1 aliphatic heterocycles. The van der Waals surface area contributed by atoms with Gasteiger partial charge in [-0.25, -0.2) is 0 Å². The molecule has 2 unspecified atom stereocenters. The van der Waals surface area contributed by atoms with Crippen LogP contribution in [0.25, 0.3) is 0 Å². The third kappa shape index (κ3) is 2.96. The summed E-state index contributed by atoms with van der Waals surface area (Å²) in [5.41, 5.74) is 6.57. The largest absolute Gasteiger partial charge is 0.379 e. The van der Waals surface area contributed by atoms with Gasteiger partial charge in [-0.2, -0.15) is 5.10 Å². The first-order chi connectivity index (χ1) is 7.78. The summed E-state index contributed by atoms with van der Waals surface area (Å²) in [5.74, 6) is 0. The molecule has 1 saturated heterocycles. The Morgan fingerprint density at radius 3 is 3.31 bits per heavy atom. The van der Waals surface area contributed by atoms with Gasteiger partial charge in [-0.3, -0.25) is 4.68 Å². The number of nitrogens with zero attached hydrogens (tertiary/aromatic N) is 2. The van der Waals surface area contributed by atoms with Crippen LogP contribution in [0.1, 0.15) is 19.8 Å². The van der Waals surface area contributed by atoms with Crippen LogP contribution in [0, 0.1) is 0 Å². The summed E-state index contributed by atoms with van der Waals surface area (Å²) < 4.78 is 7.50. The van der Waals surface area contributed by atoms with Gasteiger partial charge in [-0.15, -0.1) is 0 Å². The number of hydrogen-bond acceptors (Lipinski definition) is 4. The first-order valence-corrected chi connectivity index (χ1v) is 5.88. The highest BCUT2D eigenvalue weighted by atomic mass is 16.5. The highest BCUT2D eigenvalue weighted by Crippen LogP contribution is 2.15. The van der Waals surface area contributed by atoms with Crippen molar-refractivity contribution >= 4 is 5.69 Å². The molecule has 16 heavy (non-hydrogen) atoms. The SMILES string of the molecule is CC(CN)Nc1cnn(CC2CCCO2)c1. The number of anilines is 1. The van der Waals surface area contributed by atoms with Crippen LogP contribution in [0.3, 0.4) is 0 Å². The molecular weight excluding hydrogens is 204 g/mol. The van der Waals surface area contributed by atoms with E-state index in [1.165, 1.54) is 6.42 Å². The van der Waals surface area contributed by atoms with E-state index >= 15 is 0 Å². The lowest BCUT2D eigenvalue weighted by atomic mass is 10.2. The summed E-state index contributed by atoms with van der Waals surface area (Å²) in [6.07, 6.45) is 6.48. The van der Waals surface area contributed by atoms with Gasteiger partial charge in [0.25, 0.3) is 0 Å². The molecule has 0 spiro atoms. The summed E-state index contributed by atoms with van der Waals surface area (Å²) in [4.78, 5) is 0. The maximum absolute atomic E-state index is 5.57. The molecule has 0 radical (unpaired) electrons. The normalized spacial score (nSPS) is 22.2. The molecule has 1 fully saturated rings. The number of nitrogens with two attached hydrogens (primary N) is 1. The Balaban J connectivity index is 1.86. The van der Waals surface area contributed by atoms with Gasteiger partial charge >= 0.3 is 0 Å². The van der Waals surface area contributed by atoms with Crippen LogP contribution >= 0.6 is 0 Å². The topological polar surface area (TPSA) is 65.1 Å². The number of nitrogens with one attached hydrogen (secondary N) is 1. The van der Waals surface area contributed by atoms with Crippen molar-refractivity contribution in [1.82, 2.24) is 9.78 Å². The molecule has 1 aliphatic rings. The molecule has 90 valence electrons. The smallest absolute Gasteiger partial charge is 0.0771 e. The van der Waals surface area contributed by atoms with Crippen molar-refractivity contribution in [3.8, 4) is 0 Å². The van der Waals surface area contributed by atoms with E-state index < -0.39 is 0 Å². The van der Waals surface area contributed by atoms with Crippen molar-refractivity contribution in [2.75, 3.05) is 18.5 Å². The van der Waals surface area contributed by atoms with E-state index in [1.807, 2.05) is 17.1 Å². The number of rotatable bonds is 5. The molecule has 5 heteroatoms. The van der Waals surface area contributed by atoms with E-state index in [0.29, 0.717) is 12.6 Å². The Bertz CT molecular complexity index is 320. The van der Waals surface area contributed by atoms with Gasteiger partial charge in [0.2, 0.25) is 0 Å². The molecule has 1 aromatic rings. The van der Waals surface area contributed by atoms with Crippen molar-refractivity contribution in [2.45, 2.75) is 38.5 Å². The standard InChI is InChI=1S/C11H20N4O/c1-9(5-12)14-10-6-13-15(7-10)8-11-3-2-4-16-11/h6-7,9,11,14H,2-5,8,12H2,1H3. The highest BCUT2D eigenvalue weighted by molar-refractivity contribution is 5.39. The van der Waals surface area contributed by atoms with E-state index in [9.17, 15) is 0 Å². The summed E-state index contributed by atoms with van der Waals surface area (Å²) in [6.45, 7) is 4.41. The Kier molecular flexibility index (Phi) is 3.79. The molecule has 0 aliphatic carbocycles. The minimum atomic E-state index is 0.278. The van der Waals surface area contributed by atoms with Crippen molar-refractivity contribution in [1.29, 1.82) is 0 Å². The van der Waals surface area contributed by atoms with Gasteiger partial charge in [-0.1, -0.05) is 0 Å². The zero-order valence-electron chi connectivity index (χ0n) is 9.72. The average molecular weight is 224 g/mol. The molecule has 2 heterocycles. The lowest BCUT2D eigenvalue weighted by molar-refractivity contribution is 0.0940. The van der Waals surface area contributed by atoms with E-state index in [4.69, 9.17) is 10.5 Å². The van der Waals surface area contributed by atoms with Gasteiger partial charge in [0.05, 0.1) is 24.5 Å². The molecule has 2 atom stereocenters. The summed E-state index contributed by atoms with van der Waals surface area (Å²) in [6, 6.07) is 0.278. The maximum atomic E-state index is 5.57. The van der Waals surface area contributed by atoms with Crippen LogP contribution < -0.4 is 11.1 Å². The van der Waals surface area contributed by atoms with Crippen LogP contribution in [0.15, 0.2) is 12.4 Å². The Hall–Kier alpha value is -1.07. The van der Waals surface area contributed by atoms with Gasteiger partial charge in [-0.05, 0) is 19.8 Å². The Morgan fingerprint density at radius 2 is 2.62 bits per heavy atom. The van der Waals surface area contributed by atoms with Crippen LogP contribution in [0.2, 0.25) is 0 Å². The minimum absolute atomic E-state index is 0.278. The fourth-order valence-electron chi connectivity index (χ4n) is 1.88. The molecule has 1 aromatic heterocycles. The average Bonchev–Trinajstić information content (AvgIpc) is 2.91. The van der Waals surface area contributed by atoms with Gasteiger partial charge in [0.1, 0.15) is 0 Å². The van der Waals surface area contributed by atoms with Crippen molar-refractivity contribution in [3.05, 3.63) is 12.4 Å². The predicted molar refractivity (Wildman–Crippen MR) is 63.3 cm³/mol. The summed E-state index contributed by atoms with van der Waals surface area (Å²) in [7, 11) is 0. The Morgan fingerprint density at radius 1 is 1.75 bits per heavy atom. The van der Waals surface area contributed by atoms with E-state index in [1.54, 1.807) is 0 Å². The number of ether oxygens (including phenoxy) is 1. The van der Waals surface area contributed by atoms with Crippen molar-refractivity contribution in [2.24, 2.45) is 5.73 Å². The molecule has 5 nitrogen and oxygen atoms in total. The van der Waals surface area contributed by atoms with Crippen LogP contribution in [-0.4, -0.2) is 35.1 Å². The van der Waals surface area contributed by atoms with Crippen LogP contribution in [-0.2, 0) is 11.3 Å². The molecule has 0 aromatic carbocycles. The fourth-order valence-corrected chi connectivity index (χ4v) is 1.88. The first kappa shape index (κ1) is 11.4. The lowest BCUT2D eigenvalue weighted by Gasteiger charge is -2.10. The summed E-state index contributed by atoms with van der Waals surface area (Å²) >= 11 is 0. The van der Waals surface area contributed by atoms with Crippen LogP contribution in [0.5, 0.6) is 0 Å². The molecule has 0 bridgehead atoms. The second-order valence-corrected chi connectivity index (χ2v) is 4.37. The molecular formula is C11H20N4O. The molecule has 2 rings (SSSR count). The third-order valence-corrected chi connectivity index (χ3v) is 2.81. The van der Waals surface area contributed by atoms with Gasteiger partial charge < -0.3 is 15.8 Å². The first-order valence-electron chi connectivity index (χ1n) is 5.88. The summed E-state index contributed by atoms with van der Waals surface area (Å²) in [5, 5.41) is 7.59. The third-order valence-electron chi connectivity index (χ3n) is 2.81. The molecule has 0 saturated carbocycles. The van der Waals surface area contributed by atoms with Gasteiger partial charge in [0, 0.05) is 25.4 Å². The zero-order chi connectivity index (χ0) is 11.4. The van der Waals surface area contributed by atoms with Crippen molar-refractivity contribution in [3.63, 3.8) is 0 Å². The second kappa shape index (κ2) is 5.32. The predicted octanol–water partition coefficient (Wildman–Crippen LogP) is 0.821. The monoisotopic (exact) mass is 224 g/mol.